The molecule has 0 aliphatic heterocycles. The van der Waals surface area contributed by atoms with Crippen LogP contribution in [-0.2, 0) is 6.42 Å². The van der Waals surface area contributed by atoms with Crippen LogP contribution in [0.1, 0.15) is 26.4 Å². The Balaban J connectivity index is 2.26. The largest absolute Gasteiger partial charge is 0.496 e. The zero-order valence-electron chi connectivity index (χ0n) is 10.8. The van der Waals surface area contributed by atoms with Crippen LogP contribution in [0.15, 0.2) is 29.6 Å². The summed E-state index contributed by atoms with van der Waals surface area (Å²) in [6.45, 7) is 3.93. The number of thiophene rings is 1. The molecular formula is C15H16O2S. The summed E-state index contributed by atoms with van der Waals surface area (Å²) < 4.78 is 5.31. The summed E-state index contributed by atoms with van der Waals surface area (Å²) in [6.07, 6.45) is 0.475. The Morgan fingerprint density at radius 2 is 1.94 bits per heavy atom. The number of benzene rings is 1. The predicted octanol–water partition coefficient (Wildman–Crippen LogP) is 3.80. The summed E-state index contributed by atoms with van der Waals surface area (Å²) in [4.78, 5) is 13.3. The van der Waals surface area contributed by atoms with Crippen molar-refractivity contribution in [2.75, 3.05) is 7.11 Å². The van der Waals surface area contributed by atoms with E-state index in [-0.39, 0.29) is 5.78 Å². The molecule has 1 aromatic heterocycles. The van der Waals surface area contributed by atoms with E-state index in [1.165, 1.54) is 0 Å². The van der Waals surface area contributed by atoms with E-state index in [0.29, 0.717) is 6.42 Å². The minimum atomic E-state index is 0.159. The number of hydrogen-bond donors (Lipinski definition) is 0. The Hall–Kier alpha value is -1.61. The van der Waals surface area contributed by atoms with Crippen molar-refractivity contribution in [2.24, 2.45) is 0 Å². The highest BCUT2D eigenvalue weighted by Gasteiger charge is 2.12. The zero-order valence-corrected chi connectivity index (χ0v) is 11.6. The quantitative estimate of drug-likeness (QED) is 0.782. The molecule has 1 aromatic carbocycles. The molecule has 0 aliphatic rings. The molecule has 2 nitrogen and oxygen atoms in total. The second kappa shape index (κ2) is 5.36. The van der Waals surface area contributed by atoms with Crippen LogP contribution in [0.25, 0.3) is 0 Å². The highest BCUT2D eigenvalue weighted by Crippen LogP contribution is 2.25. The van der Waals surface area contributed by atoms with Gasteiger partial charge in [-0.05, 0) is 48.6 Å². The minimum Gasteiger partial charge on any atom is -0.496 e. The SMILES string of the molecule is COc1c(C)cc(C(=O)Cc2cccs2)cc1C. The molecule has 94 valence electrons. The van der Waals surface area contributed by atoms with Gasteiger partial charge in [-0.2, -0.15) is 0 Å². The van der Waals surface area contributed by atoms with E-state index < -0.39 is 0 Å². The second-order valence-electron chi connectivity index (χ2n) is 4.32. The molecule has 0 spiro atoms. The van der Waals surface area contributed by atoms with E-state index in [4.69, 9.17) is 4.74 Å². The second-order valence-corrected chi connectivity index (χ2v) is 5.35. The van der Waals surface area contributed by atoms with Crippen LogP contribution in [0.3, 0.4) is 0 Å². The van der Waals surface area contributed by atoms with Crippen molar-refractivity contribution in [3.8, 4) is 5.75 Å². The lowest BCUT2D eigenvalue weighted by molar-refractivity contribution is 0.0993. The van der Waals surface area contributed by atoms with Gasteiger partial charge in [-0.1, -0.05) is 6.07 Å². The van der Waals surface area contributed by atoms with Gasteiger partial charge in [0.25, 0.3) is 0 Å². The van der Waals surface area contributed by atoms with Crippen molar-refractivity contribution in [2.45, 2.75) is 20.3 Å². The molecule has 0 radical (unpaired) electrons. The van der Waals surface area contributed by atoms with E-state index in [1.807, 2.05) is 43.5 Å². The van der Waals surface area contributed by atoms with Crippen LogP contribution >= 0.6 is 11.3 Å². The molecular weight excluding hydrogens is 244 g/mol. The summed E-state index contributed by atoms with van der Waals surface area (Å²) in [5.74, 6) is 1.02. The number of ether oxygens (including phenoxy) is 1. The van der Waals surface area contributed by atoms with Gasteiger partial charge in [-0.15, -0.1) is 11.3 Å². The van der Waals surface area contributed by atoms with Crippen molar-refractivity contribution < 1.29 is 9.53 Å². The van der Waals surface area contributed by atoms with E-state index in [2.05, 4.69) is 0 Å². The van der Waals surface area contributed by atoms with Crippen molar-refractivity contribution >= 4 is 17.1 Å². The van der Waals surface area contributed by atoms with Gasteiger partial charge in [0.2, 0.25) is 0 Å². The van der Waals surface area contributed by atoms with E-state index in [9.17, 15) is 4.79 Å². The summed E-state index contributed by atoms with van der Waals surface area (Å²) in [5, 5.41) is 1.99. The highest BCUT2D eigenvalue weighted by molar-refractivity contribution is 7.10. The van der Waals surface area contributed by atoms with E-state index in [1.54, 1.807) is 18.4 Å². The molecule has 0 unspecified atom stereocenters. The van der Waals surface area contributed by atoms with Crippen molar-refractivity contribution in [3.63, 3.8) is 0 Å². The fourth-order valence-electron chi connectivity index (χ4n) is 2.11. The molecule has 1 heterocycles. The zero-order chi connectivity index (χ0) is 13.1. The fourth-order valence-corrected chi connectivity index (χ4v) is 2.81. The number of hydrogen-bond acceptors (Lipinski definition) is 3. The van der Waals surface area contributed by atoms with Gasteiger partial charge >= 0.3 is 0 Å². The summed E-state index contributed by atoms with van der Waals surface area (Å²) in [6, 6.07) is 7.77. The smallest absolute Gasteiger partial charge is 0.168 e. The number of carbonyl (C=O) groups is 1. The summed E-state index contributed by atoms with van der Waals surface area (Å²) >= 11 is 1.62. The third-order valence-electron chi connectivity index (χ3n) is 2.90. The van der Waals surface area contributed by atoms with Crippen LogP contribution in [-0.4, -0.2) is 12.9 Å². The van der Waals surface area contributed by atoms with E-state index >= 15 is 0 Å². The lowest BCUT2D eigenvalue weighted by Crippen LogP contribution is -2.04. The molecule has 0 amide bonds. The first-order valence-electron chi connectivity index (χ1n) is 5.82. The Kier molecular flexibility index (Phi) is 3.82. The van der Waals surface area contributed by atoms with Crippen LogP contribution in [0.4, 0.5) is 0 Å². The maximum absolute atomic E-state index is 12.2. The Bertz CT molecular complexity index is 533. The van der Waals surface area contributed by atoms with Crippen LogP contribution < -0.4 is 4.74 Å². The summed E-state index contributed by atoms with van der Waals surface area (Å²) in [5.41, 5.74) is 2.78. The molecule has 18 heavy (non-hydrogen) atoms. The molecule has 0 bridgehead atoms. The Morgan fingerprint density at radius 3 is 2.44 bits per heavy atom. The van der Waals surface area contributed by atoms with Crippen LogP contribution in [0.5, 0.6) is 5.75 Å². The van der Waals surface area contributed by atoms with Gasteiger partial charge in [0.1, 0.15) is 5.75 Å². The number of ketones is 1. The average molecular weight is 260 g/mol. The topological polar surface area (TPSA) is 26.3 Å². The van der Waals surface area contributed by atoms with Gasteiger partial charge in [0.05, 0.1) is 7.11 Å². The average Bonchev–Trinajstić information content (AvgIpc) is 2.81. The first kappa shape index (κ1) is 12.8. The lowest BCUT2D eigenvalue weighted by atomic mass is 10.0. The van der Waals surface area contributed by atoms with E-state index in [0.717, 1.165) is 27.3 Å². The van der Waals surface area contributed by atoms with Gasteiger partial charge in [-0.25, -0.2) is 0 Å². The Morgan fingerprint density at radius 1 is 1.28 bits per heavy atom. The molecule has 0 N–H and O–H groups in total. The standard InChI is InChI=1S/C15H16O2S/c1-10-7-12(8-11(2)15(10)17-3)14(16)9-13-5-4-6-18-13/h4-8H,9H2,1-3H3. The lowest BCUT2D eigenvalue weighted by Gasteiger charge is -2.10. The first-order chi connectivity index (χ1) is 8.61. The van der Waals surface area contributed by atoms with Gasteiger partial charge in [0, 0.05) is 16.9 Å². The number of methoxy groups -OCH3 is 1. The van der Waals surface area contributed by atoms with Gasteiger partial charge in [0.15, 0.2) is 5.78 Å². The third-order valence-corrected chi connectivity index (χ3v) is 3.78. The predicted molar refractivity (Wildman–Crippen MR) is 74.8 cm³/mol. The van der Waals surface area contributed by atoms with Crippen LogP contribution in [0.2, 0.25) is 0 Å². The molecule has 0 saturated carbocycles. The third kappa shape index (κ3) is 2.62. The van der Waals surface area contributed by atoms with Gasteiger partial charge < -0.3 is 4.74 Å². The Labute approximate surface area is 111 Å². The number of Topliss-reactive ketones (excluding diaryl/α,β-unsaturated/α-hetero) is 1. The maximum atomic E-state index is 12.2. The monoisotopic (exact) mass is 260 g/mol. The van der Waals surface area contributed by atoms with Gasteiger partial charge in [-0.3, -0.25) is 4.79 Å². The normalized spacial score (nSPS) is 10.4. The van der Waals surface area contributed by atoms with Crippen LogP contribution in [0, 0.1) is 13.8 Å². The molecule has 0 fully saturated rings. The number of rotatable bonds is 4. The van der Waals surface area contributed by atoms with Crippen molar-refractivity contribution in [1.82, 2.24) is 0 Å². The molecule has 2 aromatic rings. The minimum absolute atomic E-state index is 0.159. The first-order valence-corrected chi connectivity index (χ1v) is 6.70. The molecule has 0 saturated heterocycles. The number of carbonyl (C=O) groups excluding carboxylic acids is 1. The maximum Gasteiger partial charge on any atom is 0.168 e. The fraction of sp³-hybridized carbons (Fsp3) is 0.267. The molecule has 0 atom stereocenters. The molecule has 0 aliphatic carbocycles. The van der Waals surface area contributed by atoms with Crippen molar-refractivity contribution in [3.05, 3.63) is 51.2 Å². The molecule has 2 rings (SSSR count). The molecule has 3 heteroatoms. The van der Waals surface area contributed by atoms with Crippen molar-refractivity contribution in [1.29, 1.82) is 0 Å². The number of aryl methyl sites for hydroxylation is 2. The highest BCUT2D eigenvalue weighted by atomic mass is 32.1. The summed E-state index contributed by atoms with van der Waals surface area (Å²) in [7, 11) is 1.66.